The fourth-order valence-electron chi connectivity index (χ4n) is 2.43. The van der Waals surface area contributed by atoms with Gasteiger partial charge in [0.15, 0.2) is 16.8 Å². The van der Waals surface area contributed by atoms with Crippen LogP contribution < -0.4 is 4.80 Å². The largest absolute Gasteiger partial charge is 0.461 e. The number of hydrogen-bond donors (Lipinski definition) is 1. The van der Waals surface area contributed by atoms with Crippen LogP contribution in [0.2, 0.25) is 0 Å². The molecule has 1 aliphatic heterocycles. The van der Waals surface area contributed by atoms with Crippen molar-refractivity contribution >= 4 is 28.3 Å². The number of allylic oxidation sites excluding steroid dienone is 4. The number of hydrogen-bond acceptors (Lipinski definition) is 5. The van der Waals surface area contributed by atoms with Gasteiger partial charge in [-0.05, 0) is 32.3 Å². The highest BCUT2D eigenvalue weighted by atomic mass is 79.9. The van der Waals surface area contributed by atoms with Gasteiger partial charge >= 0.3 is 5.95 Å². The van der Waals surface area contributed by atoms with E-state index in [1.54, 1.807) is 6.26 Å². The Labute approximate surface area is 155 Å². The first-order chi connectivity index (χ1) is 11.1. The first-order valence-corrected chi connectivity index (χ1v) is 8.41. The second-order valence-electron chi connectivity index (χ2n) is 5.36. The van der Waals surface area contributed by atoms with Crippen LogP contribution in [0, 0.1) is 19.3 Å². The van der Waals surface area contributed by atoms with Crippen LogP contribution in [-0.4, -0.2) is 11.2 Å². The summed E-state index contributed by atoms with van der Waals surface area (Å²) in [6.45, 7) is 5.09. The Bertz CT molecular complexity index is 771. The summed E-state index contributed by atoms with van der Waals surface area (Å²) in [5.41, 5.74) is 2.24. The van der Waals surface area contributed by atoms with E-state index in [4.69, 9.17) is 19.6 Å². The van der Waals surface area contributed by atoms with E-state index >= 15 is 0 Å². The molecule has 2 aliphatic rings. The predicted octanol–water partition coefficient (Wildman–Crippen LogP) is 4.20. The number of nitrogens with one attached hydrogen (secondary N) is 1. The lowest BCUT2D eigenvalue weighted by molar-refractivity contribution is 0.0488. The molecular weight excluding hydrogens is 392 g/mol. The third-order valence-corrected chi connectivity index (χ3v) is 4.88. The van der Waals surface area contributed by atoms with Crippen LogP contribution in [0.15, 0.2) is 48.0 Å². The molecule has 0 saturated carbocycles. The predicted molar refractivity (Wildman–Crippen MR) is 98.7 cm³/mol. The minimum atomic E-state index is 0. The van der Waals surface area contributed by atoms with Crippen LogP contribution in [0.4, 0.5) is 0 Å². The van der Waals surface area contributed by atoms with Crippen molar-refractivity contribution in [3.05, 3.63) is 63.4 Å². The molecule has 3 rings (SSSR count). The summed E-state index contributed by atoms with van der Waals surface area (Å²) in [7, 11) is 0. The maximum Gasteiger partial charge on any atom is 0.321 e. The summed E-state index contributed by atoms with van der Waals surface area (Å²) in [4.78, 5) is 1.70. The molecule has 0 spiro atoms. The molecular formula is C17H21BrN2O3S. The number of rotatable bonds is 5. The van der Waals surface area contributed by atoms with Gasteiger partial charge in [0, 0.05) is 10.6 Å². The molecule has 1 N–H and O–H groups in total. The van der Waals surface area contributed by atoms with Crippen LogP contribution in [0.25, 0.3) is 0 Å². The number of ether oxygens (including phenoxy) is 3. The molecule has 0 aromatic carbocycles. The van der Waals surface area contributed by atoms with Gasteiger partial charge in [-0.25, -0.2) is 0 Å². The van der Waals surface area contributed by atoms with E-state index in [1.807, 2.05) is 30.6 Å². The van der Waals surface area contributed by atoms with Crippen molar-refractivity contribution in [3.63, 3.8) is 0 Å². The standard InChI is InChI=1S/C17H20N2O3S.BrH/c1-12-13(2)23-17(18)19(12)8-9-20-16-11-21-15(10-22-16)14-6-4-3-5-7-14;/h3-4,6,10-11,18H,5,7-9H2,1-2H3;1H. The zero-order chi connectivity index (χ0) is 16.2. The molecule has 0 bridgehead atoms. The minimum Gasteiger partial charge on any atom is -0.461 e. The zero-order valence-electron chi connectivity index (χ0n) is 13.7. The molecule has 1 aliphatic carbocycles. The van der Waals surface area contributed by atoms with Crippen LogP contribution >= 0.6 is 28.3 Å². The summed E-state index contributed by atoms with van der Waals surface area (Å²) < 4.78 is 18.6. The van der Waals surface area contributed by atoms with Gasteiger partial charge in [-0.2, -0.15) is 0 Å². The Balaban J connectivity index is 0.00000208. The van der Waals surface area contributed by atoms with Gasteiger partial charge in [0.1, 0.15) is 12.9 Å². The highest BCUT2D eigenvalue weighted by Gasteiger charge is 2.14. The number of thiazole rings is 1. The topological polar surface area (TPSA) is 56.5 Å². The SMILES string of the molecule is Br.Cc1sc(=N)n(CCOC2=COC(C3=CC=CCC3)=CO2)c1C. The average molecular weight is 413 g/mol. The maximum absolute atomic E-state index is 7.93. The number of aromatic nitrogens is 1. The molecule has 0 atom stereocenters. The van der Waals surface area contributed by atoms with Crippen molar-refractivity contribution in [1.82, 2.24) is 4.57 Å². The van der Waals surface area contributed by atoms with E-state index in [1.165, 1.54) is 17.6 Å². The van der Waals surface area contributed by atoms with E-state index in [2.05, 4.69) is 6.08 Å². The Kier molecular flexibility index (Phi) is 6.51. The van der Waals surface area contributed by atoms with E-state index in [0.717, 1.165) is 34.7 Å². The average Bonchev–Trinajstić information content (AvgIpc) is 2.82. The molecule has 24 heavy (non-hydrogen) atoms. The molecule has 1 aromatic heterocycles. The normalized spacial score (nSPS) is 16.2. The van der Waals surface area contributed by atoms with Crippen molar-refractivity contribution in [2.45, 2.75) is 33.2 Å². The lowest BCUT2D eigenvalue weighted by Gasteiger charge is -2.18. The quantitative estimate of drug-likeness (QED) is 0.787. The number of nitrogens with zero attached hydrogens (tertiary/aromatic N) is 1. The molecule has 5 nitrogen and oxygen atoms in total. The van der Waals surface area contributed by atoms with E-state index < -0.39 is 0 Å². The van der Waals surface area contributed by atoms with Crippen LogP contribution in [0.5, 0.6) is 0 Å². The first-order valence-electron chi connectivity index (χ1n) is 7.59. The molecule has 7 heteroatoms. The van der Waals surface area contributed by atoms with Gasteiger partial charge in [0.05, 0.1) is 6.54 Å². The summed E-state index contributed by atoms with van der Waals surface area (Å²) in [5, 5.41) is 7.93. The van der Waals surface area contributed by atoms with Crippen molar-refractivity contribution in [2.24, 2.45) is 0 Å². The fourth-order valence-corrected chi connectivity index (χ4v) is 3.32. The third-order valence-electron chi connectivity index (χ3n) is 3.86. The van der Waals surface area contributed by atoms with Crippen LogP contribution in [0.3, 0.4) is 0 Å². The Morgan fingerprint density at radius 1 is 1.29 bits per heavy atom. The van der Waals surface area contributed by atoms with Crippen molar-refractivity contribution in [2.75, 3.05) is 6.61 Å². The lowest BCUT2D eigenvalue weighted by Crippen LogP contribution is -2.18. The summed E-state index contributed by atoms with van der Waals surface area (Å²) in [6.07, 6.45) is 11.2. The molecule has 0 saturated heterocycles. The van der Waals surface area contributed by atoms with E-state index in [0.29, 0.717) is 23.9 Å². The van der Waals surface area contributed by atoms with Crippen LogP contribution in [-0.2, 0) is 20.8 Å². The molecule has 0 fully saturated rings. The first kappa shape index (κ1) is 18.6. The van der Waals surface area contributed by atoms with Gasteiger partial charge < -0.3 is 18.8 Å². The van der Waals surface area contributed by atoms with E-state index in [-0.39, 0.29) is 17.0 Å². The minimum absolute atomic E-state index is 0. The molecule has 2 heterocycles. The monoisotopic (exact) mass is 412 g/mol. The number of halogens is 1. The molecule has 0 amide bonds. The summed E-state index contributed by atoms with van der Waals surface area (Å²) in [6, 6.07) is 0. The summed E-state index contributed by atoms with van der Waals surface area (Å²) >= 11 is 1.48. The van der Waals surface area contributed by atoms with E-state index in [9.17, 15) is 0 Å². The molecule has 130 valence electrons. The van der Waals surface area contributed by atoms with Gasteiger partial charge in [-0.3, -0.25) is 5.41 Å². The van der Waals surface area contributed by atoms with Gasteiger partial charge in [-0.15, -0.1) is 28.3 Å². The fraction of sp³-hybridized carbons (Fsp3) is 0.353. The molecule has 1 aromatic rings. The van der Waals surface area contributed by atoms with Gasteiger partial charge in [0.25, 0.3) is 0 Å². The van der Waals surface area contributed by atoms with Crippen LogP contribution in [0.1, 0.15) is 23.4 Å². The maximum atomic E-state index is 7.93. The molecule has 0 unspecified atom stereocenters. The van der Waals surface area contributed by atoms with Crippen molar-refractivity contribution < 1.29 is 14.2 Å². The van der Waals surface area contributed by atoms with Crippen molar-refractivity contribution in [1.29, 1.82) is 5.41 Å². The third kappa shape index (κ3) is 4.21. The Hall–Kier alpha value is -1.73. The highest BCUT2D eigenvalue weighted by molar-refractivity contribution is 8.93. The Morgan fingerprint density at radius 3 is 2.71 bits per heavy atom. The second-order valence-corrected chi connectivity index (χ2v) is 6.57. The van der Waals surface area contributed by atoms with Crippen molar-refractivity contribution in [3.8, 4) is 0 Å². The smallest absolute Gasteiger partial charge is 0.321 e. The Morgan fingerprint density at radius 2 is 2.12 bits per heavy atom. The summed E-state index contributed by atoms with van der Waals surface area (Å²) in [5.74, 6) is 1.08. The number of aryl methyl sites for hydroxylation is 1. The zero-order valence-corrected chi connectivity index (χ0v) is 16.2. The lowest BCUT2D eigenvalue weighted by atomic mass is 10.0. The molecule has 0 radical (unpaired) electrons. The van der Waals surface area contributed by atoms with Gasteiger partial charge in [-0.1, -0.05) is 18.2 Å². The van der Waals surface area contributed by atoms with Gasteiger partial charge in [0.2, 0.25) is 0 Å². The highest BCUT2D eigenvalue weighted by Crippen LogP contribution is 2.25. The second kappa shape index (κ2) is 8.39.